The Labute approximate surface area is 338 Å². The van der Waals surface area contributed by atoms with Crippen LogP contribution in [0.15, 0.2) is 63.4 Å². The average molecular weight is 807 g/mol. The molecule has 1 unspecified atom stereocenters. The van der Waals surface area contributed by atoms with Crippen molar-refractivity contribution >= 4 is 51.5 Å². The summed E-state index contributed by atoms with van der Waals surface area (Å²) in [5.41, 5.74) is 4.41. The third-order valence-electron chi connectivity index (χ3n) is 12.7. The summed E-state index contributed by atoms with van der Waals surface area (Å²) in [5, 5.41) is 19.6. The van der Waals surface area contributed by atoms with Gasteiger partial charge in [0, 0.05) is 46.6 Å². The molecule has 3 aromatic carbocycles. The number of benzene rings is 3. The lowest BCUT2D eigenvalue weighted by Gasteiger charge is -2.29. The smallest absolute Gasteiger partial charge is 0.250 e. The second-order valence-electron chi connectivity index (χ2n) is 16.0. The molecular weight excluding hydrogens is 765 g/mol. The van der Waals surface area contributed by atoms with E-state index in [4.69, 9.17) is 46.7 Å². The van der Waals surface area contributed by atoms with Crippen molar-refractivity contribution in [3.63, 3.8) is 0 Å². The highest BCUT2D eigenvalue weighted by molar-refractivity contribution is 6.38. The number of ether oxygens (including phenoxy) is 1. The maximum absolute atomic E-state index is 14.4. The minimum absolute atomic E-state index is 0.114. The van der Waals surface area contributed by atoms with Crippen LogP contribution < -0.4 is 15.4 Å². The molecule has 4 aliphatic heterocycles. The van der Waals surface area contributed by atoms with Gasteiger partial charge in [0.05, 0.1) is 11.1 Å². The number of nitrogens with zero attached hydrogens (tertiary/aromatic N) is 3. The summed E-state index contributed by atoms with van der Waals surface area (Å²) in [6, 6.07) is 17.5. The van der Waals surface area contributed by atoms with E-state index in [1.807, 2.05) is 61.7 Å². The van der Waals surface area contributed by atoms with Crippen molar-refractivity contribution in [2.75, 3.05) is 5.32 Å². The molecule has 1 amide bonds. The maximum Gasteiger partial charge on any atom is 0.250 e. The van der Waals surface area contributed by atoms with E-state index >= 15 is 0 Å². The van der Waals surface area contributed by atoms with Crippen LogP contribution in [0.25, 0.3) is 44.9 Å². The first-order valence-electron chi connectivity index (χ1n) is 19.7. The predicted molar refractivity (Wildman–Crippen MR) is 216 cm³/mol. The van der Waals surface area contributed by atoms with Crippen molar-refractivity contribution in [2.24, 2.45) is 11.8 Å². The van der Waals surface area contributed by atoms with Gasteiger partial charge in [-0.15, -0.1) is 0 Å². The largest absolute Gasteiger partial charge is 0.469 e. The highest BCUT2D eigenvalue weighted by atomic mass is 35.5. The summed E-state index contributed by atoms with van der Waals surface area (Å²) in [7, 11) is 0. The number of carbonyl (C=O) groups excluding carboxylic acids is 2. The Morgan fingerprint density at radius 3 is 2.54 bits per heavy atom. The minimum Gasteiger partial charge on any atom is -0.469 e. The Balaban J connectivity index is 1.30. The van der Waals surface area contributed by atoms with Gasteiger partial charge in [0.2, 0.25) is 11.8 Å². The van der Waals surface area contributed by atoms with Gasteiger partial charge < -0.3 is 33.9 Å². The normalized spacial score (nSPS) is 21.4. The Hall–Kier alpha value is -5.10. The zero-order valence-electron chi connectivity index (χ0n) is 32.1. The van der Waals surface area contributed by atoms with Crippen LogP contribution in [0.4, 0.5) is 5.69 Å². The number of fused-ring (bicyclic) bond motifs is 7. The van der Waals surface area contributed by atoms with E-state index in [1.165, 1.54) is 0 Å². The van der Waals surface area contributed by atoms with E-state index < -0.39 is 29.2 Å². The lowest BCUT2D eigenvalue weighted by Crippen LogP contribution is -2.43. The molecule has 7 heterocycles. The number of aryl methyl sites for hydroxylation is 1. The number of carbonyl (C=O) groups is 2. The van der Waals surface area contributed by atoms with Gasteiger partial charge >= 0.3 is 0 Å². The minimum atomic E-state index is -1.53. The van der Waals surface area contributed by atoms with Gasteiger partial charge in [-0.05, 0) is 55.4 Å². The number of nitrogens with one attached hydrogen (secondary N) is 2. The van der Waals surface area contributed by atoms with Crippen LogP contribution in [0.2, 0.25) is 10.3 Å². The van der Waals surface area contributed by atoms with E-state index in [1.54, 1.807) is 13.8 Å². The number of aromatic nitrogens is 3. The van der Waals surface area contributed by atoms with Gasteiger partial charge in [-0.3, -0.25) is 9.59 Å². The summed E-state index contributed by atoms with van der Waals surface area (Å²) in [5.74, 6) is 0.0251. The molecule has 292 valence electrons. The molecule has 11 nitrogen and oxygen atoms in total. The molecule has 1 spiro atoms. The summed E-state index contributed by atoms with van der Waals surface area (Å²) in [6.45, 7) is 10.1. The zero-order valence-corrected chi connectivity index (χ0v) is 33.6. The second kappa shape index (κ2) is 12.7. The predicted octanol–water partition coefficient (Wildman–Crippen LogP) is 9.23. The van der Waals surface area contributed by atoms with E-state index in [9.17, 15) is 14.7 Å². The molecule has 13 heteroatoms. The van der Waals surface area contributed by atoms with Crippen LogP contribution >= 0.6 is 23.2 Å². The first-order valence-corrected chi connectivity index (χ1v) is 20.4. The maximum atomic E-state index is 14.4. The average Bonchev–Trinajstić information content (AvgIpc) is 4.00. The molecule has 0 radical (unpaired) electrons. The summed E-state index contributed by atoms with van der Waals surface area (Å²) in [6.07, 6.45) is -0.0827. The number of anilines is 1. The molecule has 0 saturated carbocycles. The van der Waals surface area contributed by atoms with Gasteiger partial charge in [0.15, 0.2) is 34.4 Å². The van der Waals surface area contributed by atoms with Crippen molar-refractivity contribution in [3.8, 4) is 39.8 Å². The van der Waals surface area contributed by atoms with Gasteiger partial charge in [-0.25, -0.2) is 4.98 Å². The Kier molecular flexibility index (Phi) is 8.08. The summed E-state index contributed by atoms with van der Waals surface area (Å²) in [4.78, 5) is 38.1. The number of aliphatic hydroxyl groups is 1. The van der Waals surface area contributed by atoms with E-state index in [2.05, 4.69) is 28.8 Å². The fourth-order valence-corrected chi connectivity index (χ4v) is 10.2. The van der Waals surface area contributed by atoms with Crippen molar-refractivity contribution in [2.45, 2.75) is 90.1 Å². The Morgan fingerprint density at radius 2 is 1.79 bits per heavy atom. The molecule has 10 rings (SSSR count). The van der Waals surface area contributed by atoms with Gasteiger partial charge in [0.25, 0.3) is 5.89 Å². The van der Waals surface area contributed by atoms with E-state index in [-0.39, 0.29) is 60.2 Å². The molecule has 0 fully saturated rings. The van der Waals surface area contributed by atoms with E-state index in [0.29, 0.717) is 40.2 Å². The van der Waals surface area contributed by atoms with Gasteiger partial charge in [0.1, 0.15) is 28.0 Å². The van der Waals surface area contributed by atoms with Crippen LogP contribution in [-0.4, -0.2) is 43.2 Å². The van der Waals surface area contributed by atoms with Crippen molar-refractivity contribution in [1.29, 1.82) is 0 Å². The highest BCUT2D eigenvalue weighted by Crippen LogP contribution is 2.62. The van der Waals surface area contributed by atoms with Gasteiger partial charge in [-0.2, -0.15) is 4.98 Å². The molecule has 4 atom stereocenters. The monoisotopic (exact) mass is 805 g/mol. The third kappa shape index (κ3) is 4.88. The number of ketones is 1. The number of Topliss-reactive ketones (excluding diaryl/α,β-unsaturated/α-hetero) is 1. The molecule has 0 aliphatic carbocycles. The zero-order chi connectivity index (χ0) is 39.7. The number of hydrogen-bond acceptors (Lipinski definition) is 9. The van der Waals surface area contributed by atoms with Crippen molar-refractivity contribution in [3.05, 3.63) is 93.2 Å². The fourth-order valence-electron chi connectivity index (χ4n) is 9.59. The third-order valence-corrected chi connectivity index (χ3v) is 13.4. The standard InChI is InChI=1S/C44H41Cl2N5O6/c1-6-43(54,7-2)29(52)19-22-17-21-15-16-28-26(18-21)44-25-13-9-12-24(33(25)49-42(44)55-28)23-11-10-14-27-30(23)31(38(46)51(27)8-3)35-37(45)50-41(56-35)34-36(44)57-40(48-34)32(20(4)5)47-39(22)53/h9-16,18,20,22,32,42,49,54H,6-8,17,19H2,1-5H3,(H,47,53)/t22-,32+,42?,44+/m1/s1. The molecule has 0 saturated heterocycles. The summed E-state index contributed by atoms with van der Waals surface area (Å²) >= 11 is 14.3. The lowest BCUT2D eigenvalue weighted by molar-refractivity contribution is -0.141. The molecule has 57 heavy (non-hydrogen) atoms. The molecule has 10 bridgehead atoms. The molecule has 3 aromatic heterocycles. The highest BCUT2D eigenvalue weighted by Gasteiger charge is 2.62. The lowest BCUT2D eigenvalue weighted by atomic mass is 9.72. The second-order valence-corrected chi connectivity index (χ2v) is 16.7. The number of rotatable bonds is 7. The Bertz CT molecular complexity index is 2690. The van der Waals surface area contributed by atoms with Crippen molar-refractivity contribution < 1.29 is 28.3 Å². The summed E-state index contributed by atoms with van der Waals surface area (Å²) < 4.78 is 22.7. The number of halogens is 2. The molecular formula is C44H41Cl2N5O6. The van der Waals surface area contributed by atoms with Gasteiger partial charge in [-0.1, -0.05) is 93.4 Å². The Morgan fingerprint density at radius 1 is 1.02 bits per heavy atom. The van der Waals surface area contributed by atoms with Crippen molar-refractivity contribution in [1.82, 2.24) is 19.9 Å². The topological polar surface area (TPSA) is 145 Å². The van der Waals surface area contributed by atoms with Crippen LogP contribution in [0.5, 0.6) is 5.75 Å². The molecule has 3 N–H and O–H groups in total. The van der Waals surface area contributed by atoms with E-state index in [0.717, 1.165) is 44.4 Å². The SMILES string of the molecule is CCn1c(Cl)c2c3c(cccc31)-c1cccc3c1NC1Oc4ccc5cc4[C@]31c1oc(nc1-c1nc(Cl)c-2o1)[C@H](C(C)C)NC(=O)[C@@H](CC(=O)C(O)(CC)CC)C5. The number of para-hydroxylation sites is 1. The fraction of sp³-hybridized carbons (Fsp3) is 0.364. The van der Waals surface area contributed by atoms with Crippen LogP contribution in [0.1, 0.15) is 88.3 Å². The van der Waals surface area contributed by atoms with Crippen LogP contribution in [-0.2, 0) is 28.0 Å². The number of amides is 1. The van der Waals surface area contributed by atoms with Crippen LogP contribution in [0, 0.1) is 11.8 Å². The molecule has 6 aromatic rings. The van der Waals surface area contributed by atoms with Crippen LogP contribution in [0.3, 0.4) is 0 Å². The first-order chi connectivity index (χ1) is 27.4. The number of hydrogen-bond donors (Lipinski definition) is 3. The quantitative estimate of drug-likeness (QED) is 0.144. The first kappa shape index (κ1) is 36.3. The number of oxazole rings is 2. The molecule has 4 aliphatic rings.